The van der Waals surface area contributed by atoms with Crippen LogP contribution < -0.4 is 5.32 Å². The minimum absolute atomic E-state index is 0.110. The van der Waals surface area contributed by atoms with Crippen molar-refractivity contribution in [3.05, 3.63) is 47.2 Å². The van der Waals surface area contributed by atoms with E-state index in [1.54, 1.807) is 6.20 Å². The van der Waals surface area contributed by atoms with Gasteiger partial charge in [0.1, 0.15) is 0 Å². The minimum Gasteiger partial charge on any atom is -0.419 e. The smallest absolute Gasteiger partial charge is 0.351 e. The van der Waals surface area contributed by atoms with Crippen LogP contribution in [0.3, 0.4) is 0 Å². The van der Waals surface area contributed by atoms with Gasteiger partial charge in [0, 0.05) is 25.6 Å². The molecule has 0 spiro atoms. The molecule has 0 bridgehead atoms. The minimum atomic E-state index is -1.23. The number of hydrogen-bond donors (Lipinski definition) is 1. The molecule has 3 rings (SSSR count). The van der Waals surface area contributed by atoms with E-state index in [2.05, 4.69) is 5.32 Å². The SMILES string of the molecule is CC1(C)OC(=O)C(=C2NC=Cc3ccccc32)C(=O)O1. The summed E-state index contributed by atoms with van der Waals surface area (Å²) >= 11 is 0. The van der Waals surface area contributed by atoms with Crippen molar-refractivity contribution in [3.63, 3.8) is 0 Å². The van der Waals surface area contributed by atoms with Crippen molar-refractivity contribution in [1.29, 1.82) is 0 Å². The lowest BCUT2D eigenvalue weighted by Gasteiger charge is -2.31. The lowest BCUT2D eigenvalue weighted by Crippen LogP contribution is -2.43. The van der Waals surface area contributed by atoms with E-state index in [9.17, 15) is 9.59 Å². The maximum absolute atomic E-state index is 12.1. The number of hydrogen-bond acceptors (Lipinski definition) is 5. The summed E-state index contributed by atoms with van der Waals surface area (Å²) in [4.78, 5) is 24.2. The Morgan fingerprint density at radius 1 is 1.05 bits per heavy atom. The van der Waals surface area contributed by atoms with E-state index in [4.69, 9.17) is 9.47 Å². The molecule has 2 aliphatic rings. The number of carbonyl (C=O) groups excluding carboxylic acids is 2. The zero-order valence-corrected chi connectivity index (χ0v) is 11.1. The largest absolute Gasteiger partial charge is 0.419 e. The van der Waals surface area contributed by atoms with E-state index in [0.717, 1.165) is 11.1 Å². The zero-order chi connectivity index (χ0) is 14.3. The Kier molecular flexibility index (Phi) is 2.64. The van der Waals surface area contributed by atoms with Crippen LogP contribution in [0.1, 0.15) is 25.0 Å². The summed E-state index contributed by atoms with van der Waals surface area (Å²) in [5.74, 6) is -2.60. The van der Waals surface area contributed by atoms with E-state index in [0.29, 0.717) is 5.70 Å². The fraction of sp³-hybridized carbons (Fsp3) is 0.200. The molecule has 1 aromatic rings. The molecule has 0 unspecified atom stereocenters. The molecule has 20 heavy (non-hydrogen) atoms. The van der Waals surface area contributed by atoms with Gasteiger partial charge in [0.05, 0.1) is 5.70 Å². The Balaban J connectivity index is 2.14. The molecule has 0 radical (unpaired) electrons. The van der Waals surface area contributed by atoms with Gasteiger partial charge in [-0.3, -0.25) is 0 Å². The molecule has 5 heteroatoms. The third kappa shape index (κ3) is 1.97. The number of esters is 2. The molecule has 1 fully saturated rings. The van der Waals surface area contributed by atoms with Gasteiger partial charge in [-0.05, 0) is 11.6 Å². The fourth-order valence-electron chi connectivity index (χ4n) is 2.23. The normalized spacial score (nSPS) is 19.9. The van der Waals surface area contributed by atoms with E-state index in [1.165, 1.54) is 13.8 Å². The molecule has 0 aliphatic carbocycles. The number of ether oxygens (including phenoxy) is 2. The van der Waals surface area contributed by atoms with Gasteiger partial charge in [-0.25, -0.2) is 9.59 Å². The van der Waals surface area contributed by atoms with Crippen molar-refractivity contribution >= 4 is 23.7 Å². The fourth-order valence-corrected chi connectivity index (χ4v) is 2.23. The lowest BCUT2D eigenvalue weighted by molar-refractivity contribution is -0.222. The Bertz CT molecular complexity index is 648. The van der Waals surface area contributed by atoms with Crippen molar-refractivity contribution in [2.45, 2.75) is 19.6 Å². The van der Waals surface area contributed by atoms with E-state index in [-0.39, 0.29) is 5.57 Å². The second-order valence-corrected chi connectivity index (χ2v) is 4.99. The Morgan fingerprint density at radius 2 is 1.70 bits per heavy atom. The van der Waals surface area contributed by atoms with Gasteiger partial charge in [0.15, 0.2) is 5.57 Å². The number of benzene rings is 1. The summed E-state index contributed by atoms with van der Waals surface area (Å²) in [6.07, 6.45) is 3.54. The van der Waals surface area contributed by atoms with Crippen LogP contribution in [-0.2, 0) is 19.1 Å². The molecular formula is C15H13NO4. The first-order valence-corrected chi connectivity index (χ1v) is 6.21. The monoisotopic (exact) mass is 271 g/mol. The maximum Gasteiger partial charge on any atom is 0.351 e. The predicted octanol–water partition coefficient (Wildman–Crippen LogP) is 1.81. The number of cyclic esters (lactones) is 2. The summed E-state index contributed by atoms with van der Waals surface area (Å²) in [7, 11) is 0. The Labute approximate surface area is 115 Å². The second kappa shape index (κ2) is 4.23. The van der Waals surface area contributed by atoms with Gasteiger partial charge in [-0.1, -0.05) is 24.3 Å². The first-order chi connectivity index (χ1) is 9.48. The molecule has 0 aromatic heterocycles. The number of rotatable bonds is 0. The van der Waals surface area contributed by atoms with E-state index >= 15 is 0 Å². The molecule has 5 nitrogen and oxygen atoms in total. The molecule has 102 valence electrons. The van der Waals surface area contributed by atoms with Gasteiger partial charge in [0.2, 0.25) is 0 Å². The first-order valence-electron chi connectivity index (χ1n) is 6.21. The summed E-state index contributed by atoms with van der Waals surface area (Å²) in [6.45, 7) is 3.04. The van der Waals surface area contributed by atoms with E-state index in [1.807, 2.05) is 30.3 Å². The summed E-state index contributed by atoms with van der Waals surface area (Å²) in [5, 5.41) is 2.93. The lowest BCUT2D eigenvalue weighted by atomic mass is 9.98. The van der Waals surface area contributed by atoms with Gasteiger partial charge in [-0.15, -0.1) is 0 Å². The molecule has 1 saturated heterocycles. The van der Waals surface area contributed by atoms with Crippen LogP contribution in [0.5, 0.6) is 0 Å². The van der Waals surface area contributed by atoms with Crippen LogP contribution >= 0.6 is 0 Å². The molecule has 1 aromatic carbocycles. The van der Waals surface area contributed by atoms with Gasteiger partial charge in [-0.2, -0.15) is 0 Å². The quantitative estimate of drug-likeness (QED) is 0.443. The Morgan fingerprint density at radius 3 is 2.40 bits per heavy atom. The number of carbonyl (C=O) groups is 2. The summed E-state index contributed by atoms with van der Waals surface area (Å²) in [6, 6.07) is 7.45. The van der Waals surface area contributed by atoms with Gasteiger partial charge >= 0.3 is 11.9 Å². The van der Waals surface area contributed by atoms with Crippen LogP contribution in [0, 0.1) is 0 Å². The van der Waals surface area contributed by atoms with Gasteiger partial charge in [0.25, 0.3) is 5.79 Å². The van der Waals surface area contributed by atoms with Crippen LogP contribution in [0.4, 0.5) is 0 Å². The predicted molar refractivity (Wildman–Crippen MR) is 71.8 cm³/mol. The highest BCUT2D eigenvalue weighted by atomic mass is 16.7. The van der Waals surface area contributed by atoms with Crippen LogP contribution in [0.25, 0.3) is 11.8 Å². The highest BCUT2D eigenvalue weighted by Crippen LogP contribution is 2.30. The summed E-state index contributed by atoms with van der Waals surface area (Å²) in [5.41, 5.74) is 1.98. The standard InChI is InChI=1S/C15H13NO4/c1-15(2)19-13(17)11(14(18)20-15)12-10-6-4-3-5-9(10)7-8-16-12/h3-8,16H,1-2H3. The Hall–Kier alpha value is -2.56. The van der Waals surface area contributed by atoms with Crippen LogP contribution in [0.2, 0.25) is 0 Å². The van der Waals surface area contributed by atoms with Crippen molar-refractivity contribution in [2.24, 2.45) is 0 Å². The average Bonchev–Trinajstić information content (AvgIpc) is 2.36. The third-order valence-electron chi connectivity index (χ3n) is 3.06. The molecule has 1 N–H and O–H groups in total. The van der Waals surface area contributed by atoms with Crippen molar-refractivity contribution in [2.75, 3.05) is 0 Å². The maximum atomic E-state index is 12.1. The third-order valence-corrected chi connectivity index (χ3v) is 3.06. The highest BCUT2D eigenvalue weighted by molar-refractivity contribution is 6.21. The van der Waals surface area contributed by atoms with Crippen LogP contribution in [-0.4, -0.2) is 17.7 Å². The molecule has 2 heterocycles. The number of fused-ring (bicyclic) bond motifs is 1. The van der Waals surface area contributed by atoms with Gasteiger partial charge < -0.3 is 14.8 Å². The first kappa shape index (κ1) is 12.5. The molecular weight excluding hydrogens is 258 g/mol. The van der Waals surface area contributed by atoms with E-state index < -0.39 is 17.7 Å². The average molecular weight is 271 g/mol. The summed E-state index contributed by atoms with van der Waals surface area (Å²) < 4.78 is 10.2. The second-order valence-electron chi connectivity index (χ2n) is 4.99. The van der Waals surface area contributed by atoms with Crippen LogP contribution in [0.15, 0.2) is 36.0 Å². The molecule has 0 amide bonds. The topological polar surface area (TPSA) is 64.6 Å². The highest BCUT2D eigenvalue weighted by Gasteiger charge is 2.41. The zero-order valence-electron chi connectivity index (χ0n) is 11.1. The molecule has 2 aliphatic heterocycles. The van der Waals surface area contributed by atoms with Crippen molar-refractivity contribution < 1.29 is 19.1 Å². The molecule has 0 atom stereocenters. The van der Waals surface area contributed by atoms with Crippen molar-refractivity contribution in [3.8, 4) is 0 Å². The molecule has 0 saturated carbocycles. The number of nitrogens with one attached hydrogen (secondary N) is 1. The van der Waals surface area contributed by atoms with Crippen molar-refractivity contribution in [1.82, 2.24) is 5.32 Å².